The van der Waals surface area contributed by atoms with Crippen molar-refractivity contribution < 1.29 is 4.79 Å². The van der Waals surface area contributed by atoms with Crippen LogP contribution in [0.4, 0.5) is 0 Å². The first-order valence-corrected chi connectivity index (χ1v) is 10.0. The highest BCUT2D eigenvalue weighted by molar-refractivity contribution is 7.99. The van der Waals surface area contributed by atoms with Crippen molar-refractivity contribution in [2.45, 2.75) is 56.1 Å². The van der Waals surface area contributed by atoms with Crippen LogP contribution >= 0.6 is 11.8 Å². The molecule has 2 aromatic heterocycles. The summed E-state index contributed by atoms with van der Waals surface area (Å²) < 4.78 is 4.07. The molecule has 0 radical (unpaired) electrons. The van der Waals surface area contributed by atoms with Crippen LogP contribution in [0.3, 0.4) is 0 Å². The van der Waals surface area contributed by atoms with Crippen LogP contribution in [0.2, 0.25) is 0 Å². The van der Waals surface area contributed by atoms with Gasteiger partial charge in [0.2, 0.25) is 5.91 Å². The Bertz CT molecular complexity index is 700. The number of carbonyl (C=O) groups excluding carboxylic acids is 1. The lowest BCUT2D eigenvalue weighted by molar-refractivity contribution is -0.119. The third-order valence-electron chi connectivity index (χ3n) is 4.87. The van der Waals surface area contributed by atoms with Crippen LogP contribution in [0.25, 0.3) is 0 Å². The number of nitrogens with zero attached hydrogens (tertiary/aromatic N) is 4. The summed E-state index contributed by atoms with van der Waals surface area (Å²) >= 11 is 1.46. The fourth-order valence-electron chi connectivity index (χ4n) is 3.29. The van der Waals surface area contributed by atoms with Crippen LogP contribution in [-0.4, -0.2) is 37.0 Å². The molecule has 1 saturated carbocycles. The summed E-state index contributed by atoms with van der Waals surface area (Å²) in [4.78, 5) is 12.2. The SMILES string of the molecule is Cn1cccc1Cc1nnc(SCC(=O)NC2CCCCCC2)n1C. The van der Waals surface area contributed by atoms with Gasteiger partial charge in [-0.25, -0.2) is 0 Å². The highest BCUT2D eigenvalue weighted by Gasteiger charge is 2.16. The number of hydrogen-bond donors (Lipinski definition) is 1. The molecular formula is C18H27N5OS. The third kappa shape index (κ3) is 4.87. The highest BCUT2D eigenvalue weighted by Crippen LogP contribution is 2.19. The molecule has 0 atom stereocenters. The van der Waals surface area contributed by atoms with Crippen molar-refractivity contribution >= 4 is 17.7 Å². The van der Waals surface area contributed by atoms with E-state index in [9.17, 15) is 4.79 Å². The van der Waals surface area contributed by atoms with E-state index in [1.165, 1.54) is 43.1 Å². The number of carbonyl (C=O) groups is 1. The molecule has 1 amide bonds. The Morgan fingerprint density at radius 1 is 1.24 bits per heavy atom. The number of hydrogen-bond acceptors (Lipinski definition) is 4. The zero-order valence-electron chi connectivity index (χ0n) is 15.1. The van der Waals surface area contributed by atoms with Crippen LogP contribution in [0, 0.1) is 0 Å². The van der Waals surface area contributed by atoms with E-state index in [2.05, 4.69) is 26.1 Å². The molecule has 1 N–H and O–H groups in total. The minimum absolute atomic E-state index is 0.101. The molecule has 0 spiro atoms. The lowest BCUT2D eigenvalue weighted by Gasteiger charge is -2.15. The maximum absolute atomic E-state index is 12.2. The van der Waals surface area contributed by atoms with Gasteiger partial charge in [-0.15, -0.1) is 10.2 Å². The van der Waals surface area contributed by atoms with E-state index in [0.29, 0.717) is 11.8 Å². The minimum Gasteiger partial charge on any atom is -0.354 e. The van der Waals surface area contributed by atoms with Gasteiger partial charge in [0, 0.05) is 38.4 Å². The minimum atomic E-state index is 0.101. The fourth-order valence-corrected chi connectivity index (χ4v) is 4.03. The van der Waals surface area contributed by atoms with Gasteiger partial charge < -0.3 is 14.5 Å². The number of aryl methyl sites for hydroxylation is 1. The first-order valence-electron chi connectivity index (χ1n) is 9.04. The van der Waals surface area contributed by atoms with Gasteiger partial charge in [0.25, 0.3) is 0 Å². The molecule has 0 aromatic carbocycles. The molecule has 25 heavy (non-hydrogen) atoms. The Kier molecular flexibility index (Phi) is 6.18. The predicted molar refractivity (Wildman–Crippen MR) is 99.6 cm³/mol. The molecule has 136 valence electrons. The van der Waals surface area contributed by atoms with Crippen molar-refractivity contribution in [1.82, 2.24) is 24.6 Å². The predicted octanol–water partition coefficient (Wildman–Crippen LogP) is 2.68. The zero-order chi connectivity index (χ0) is 17.6. The number of aromatic nitrogens is 4. The van der Waals surface area contributed by atoms with Gasteiger partial charge in [0.05, 0.1) is 5.75 Å². The van der Waals surface area contributed by atoms with E-state index in [1.54, 1.807) is 0 Å². The van der Waals surface area contributed by atoms with Crippen LogP contribution in [0.1, 0.15) is 50.0 Å². The van der Waals surface area contributed by atoms with Crippen molar-refractivity contribution in [3.05, 3.63) is 29.8 Å². The largest absolute Gasteiger partial charge is 0.354 e. The molecule has 1 aliphatic carbocycles. The molecule has 7 heteroatoms. The Labute approximate surface area is 153 Å². The first kappa shape index (κ1) is 18.0. The maximum Gasteiger partial charge on any atom is 0.230 e. The van der Waals surface area contributed by atoms with E-state index in [0.717, 1.165) is 30.2 Å². The van der Waals surface area contributed by atoms with Crippen molar-refractivity contribution in [2.75, 3.05) is 5.75 Å². The summed E-state index contributed by atoms with van der Waals surface area (Å²) in [6, 6.07) is 4.46. The smallest absolute Gasteiger partial charge is 0.230 e. The van der Waals surface area contributed by atoms with E-state index in [-0.39, 0.29) is 5.91 Å². The normalized spacial score (nSPS) is 15.9. The van der Waals surface area contributed by atoms with Gasteiger partial charge in [0.1, 0.15) is 5.82 Å². The summed E-state index contributed by atoms with van der Waals surface area (Å²) in [5.74, 6) is 1.41. The number of amides is 1. The summed E-state index contributed by atoms with van der Waals surface area (Å²) in [6.45, 7) is 0. The number of nitrogens with one attached hydrogen (secondary N) is 1. The Balaban J connectivity index is 1.51. The summed E-state index contributed by atoms with van der Waals surface area (Å²) in [5.41, 5.74) is 1.19. The van der Waals surface area contributed by atoms with Crippen LogP contribution in [0.5, 0.6) is 0 Å². The van der Waals surface area contributed by atoms with Crippen molar-refractivity contribution in [3.63, 3.8) is 0 Å². The number of thioether (sulfide) groups is 1. The second kappa shape index (κ2) is 8.56. The van der Waals surface area contributed by atoms with Gasteiger partial charge >= 0.3 is 0 Å². The average molecular weight is 362 g/mol. The third-order valence-corrected chi connectivity index (χ3v) is 5.89. The van der Waals surface area contributed by atoms with Gasteiger partial charge in [-0.05, 0) is 25.0 Å². The van der Waals surface area contributed by atoms with Gasteiger partial charge in [-0.1, -0.05) is 37.4 Å². The van der Waals surface area contributed by atoms with E-state index in [1.807, 2.05) is 30.9 Å². The van der Waals surface area contributed by atoms with E-state index >= 15 is 0 Å². The molecular weight excluding hydrogens is 334 g/mol. The molecule has 2 heterocycles. The van der Waals surface area contributed by atoms with Crippen LogP contribution < -0.4 is 5.32 Å². The maximum atomic E-state index is 12.2. The van der Waals surface area contributed by atoms with Crippen molar-refractivity contribution in [3.8, 4) is 0 Å². The van der Waals surface area contributed by atoms with Gasteiger partial charge in [-0.3, -0.25) is 4.79 Å². The van der Waals surface area contributed by atoms with Crippen molar-refractivity contribution in [2.24, 2.45) is 14.1 Å². The highest BCUT2D eigenvalue weighted by atomic mass is 32.2. The van der Waals surface area contributed by atoms with Gasteiger partial charge in [0.15, 0.2) is 5.16 Å². The lowest BCUT2D eigenvalue weighted by Crippen LogP contribution is -2.35. The molecule has 1 fully saturated rings. The Hall–Kier alpha value is -1.76. The monoisotopic (exact) mass is 361 g/mol. The van der Waals surface area contributed by atoms with Gasteiger partial charge in [-0.2, -0.15) is 0 Å². The molecule has 2 aromatic rings. The molecule has 0 unspecified atom stereocenters. The standard InChI is InChI=1S/C18H27N5OS/c1-22-11-7-10-15(22)12-16-20-21-18(23(16)2)25-13-17(24)19-14-8-5-3-4-6-9-14/h7,10-11,14H,3-6,8-9,12-13H2,1-2H3,(H,19,24). The molecule has 1 aliphatic rings. The van der Waals surface area contributed by atoms with Crippen LogP contribution in [0.15, 0.2) is 23.5 Å². The zero-order valence-corrected chi connectivity index (χ0v) is 15.9. The molecule has 3 rings (SSSR count). The molecule has 0 bridgehead atoms. The summed E-state index contributed by atoms with van der Waals surface area (Å²) in [5, 5.41) is 12.5. The van der Waals surface area contributed by atoms with Crippen LogP contribution in [-0.2, 0) is 25.3 Å². The second-order valence-electron chi connectivity index (χ2n) is 6.79. The van der Waals surface area contributed by atoms with E-state index in [4.69, 9.17) is 0 Å². The average Bonchev–Trinajstić information content (AvgIpc) is 3.04. The first-order chi connectivity index (χ1) is 12.1. The summed E-state index contributed by atoms with van der Waals surface area (Å²) in [7, 11) is 3.99. The van der Waals surface area contributed by atoms with E-state index < -0.39 is 0 Å². The Morgan fingerprint density at radius 3 is 2.68 bits per heavy atom. The molecule has 0 saturated heterocycles. The Morgan fingerprint density at radius 2 is 2.00 bits per heavy atom. The number of rotatable bonds is 6. The lowest BCUT2D eigenvalue weighted by atomic mass is 10.1. The van der Waals surface area contributed by atoms with Crippen molar-refractivity contribution in [1.29, 1.82) is 0 Å². The molecule has 6 nitrogen and oxygen atoms in total. The fraction of sp³-hybridized carbons (Fsp3) is 0.611. The quantitative estimate of drug-likeness (QED) is 0.635. The summed E-state index contributed by atoms with van der Waals surface area (Å²) in [6.07, 6.45) is 10.0. The molecule has 0 aliphatic heterocycles. The second-order valence-corrected chi connectivity index (χ2v) is 7.73. The topological polar surface area (TPSA) is 64.7 Å².